The first-order valence-corrected chi connectivity index (χ1v) is 12.3. The molecule has 0 radical (unpaired) electrons. The van der Waals surface area contributed by atoms with Gasteiger partial charge in [-0.3, -0.25) is 19.0 Å². The Labute approximate surface area is 221 Å². The highest BCUT2D eigenvalue weighted by molar-refractivity contribution is 6.30. The molecule has 200 valence electrons. The van der Waals surface area contributed by atoms with Crippen molar-refractivity contribution in [1.29, 1.82) is 0 Å². The first-order valence-electron chi connectivity index (χ1n) is 11.9. The third-order valence-electron chi connectivity index (χ3n) is 6.41. The maximum atomic E-state index is 13.7. The molecule has 2 heterocycles. The van der Waals surface area contributed by atoms with Crippen molar-refractivity contribution >= 4 is 29.1 Å². The average molecular weight is 548 g/mol. The van der Waals surface area contributed by atoms with Crippen LogP contribution in [0.5, 0.6) is 5.75 Å². The van der Waals surface area contributed by atoms with Gasteiger partial charge in [-0.05, 0) is 60.4 Å². The van der Waals surface area contributed by atoms with Crippen molar-refractivity contribution in [2.24, 2.45) is 11.7 Å². The molecule has 0 saturated carbocycles. The van der Waals surface area contributed by atoms with E-state index in [1.807, 2.05) is 6.92 Å². The molecule has 1 aromatic heterocycles. The third-order valence-corrected chi connectivity index (χ3v) is 6.65. The molecular weight excluding hydrogens is 523 g/mol. The van der Waals surface area contributed by atoms with Crippen LogP contribution in [0.15, 0.2) is 59.5 Å². The van der Waals surface area contributed by atoms with Crippen LogP contribution in [0.25, 0.3) is 11.1 Å². The molecule has 2 aromatic carbocycles. The molecule has 0 saturated heterocycles. The highest BCUT2D eigenvalue weighted by Gasteiger charge is 2.41. The number of ether oxygens (including phenoxy) is 1. The van der Waals surface area contributed by atoms with Crippen LogP contribution in [0.3, 0.4) is 0 Å². The minimum Gasteiger partial charge on any atom is -0.491 e. The molecule has 7 nitrogen and oxygen atoms in total. The summed E-state index contributed by atoms with van der Waals surface area (Å²) in [6, 6.07) is 10.7. The van der Waals surface area contributed by atoms with Crippen molar-refractivity contribution in [3.63, 3.8) is 0 Å². The fraction of sp³-hybridized carbons (Fsp3) is 0.296. The summed E-state index contributed by atoms with van der Waals surface area (Å²) in [5.74, 6) is -2.85. The summed E-state index contributed by atoms with van der Waals surface area (Å²) in [4.78, 5) is 37.8. The largest absolute Gasteiger partial charge is 0.491 e. The van der Waals surface area contributed by atoms with Gasteiger partial charge in [0.1, 0.15) is 18.4 Å². The normalized spacial score (nSPS) is 15.8. The quantitative estimate of drug-likeness (QED) is 0.433. The van der Waals surface area contributed by atoms with E-state index in [0.717, 1.165) is 0 Å². The van der Waals surface area contributed by atoms with Crippen LogP contribution in [-0.2, 0) is 11.2 Å². The summed E-state index contributed by atoms with van der Waals surface area (Å²) >= 11 is 6.15. The Hall–Kier alpha value is -3.79. The van der Waals surface area contributed by atoms with E-state index in [4.69, 9.17) is 22.1 Å². The number of hydrogen-bond donors (Lipinski definition) is 2. The number of carbonyl (C=O) groups excluding carboxylic acids is 2. The molecule has 0 fully saturated rings. The summed E-state index contributed by atoms with van der Waals surface area (Å²) in [5, 5.41) is 3.01. The van der Waals surface area contributed by atoms with Gasteiger partial charge in [0.15, 0.2) is 0 Å². The first kappa shape index (κ1) is 27.3. The van der Waals surface area contributed by atoms with Gasteiger partial charge in [0.05, 0.1) is 12.1 Å². The lowest BCUT2D eigenvalue weighted by molar-refractivity contribution is -0.181. The van der Waals surface area contributed by atoms with Crippen molar-refractivity contribution in [1.82, 2.24) is 4.57 Å². The number of primary amides is 1. The number of benzene rings is 2. The van der Waals surface area contributed by atoms with E-state index in [2.05, 4.69) is 5.32 Å². The summed E-state index contributed by atoms with van der Waals surface area (Å²) in [6.45, 7) is 1.19. The molecule has 3 aromatic rings. The van der Waals surface area contributed by atoms with E-state index in [1.165, 1.54) is 59.3 Å². The smallest absolute Gasteiger partial charge is 0.395 e. The number of hydrogen-bond acceptors (Lipinski definition) is 4. The van der Waals surface area contributed by atoms with Gasteiger partial charge in [0.2, 0.25) is 11.8 Å². The van der Waals surface area contributed by atoms with Crippen molar-refractivity contribution in [3.05, 3.63) is 81.2 Å². The van der Waals surface area contributed by atoms with Gasteiger partial charge in [-0.25, -0.2) is 0 Å². The number of carbonyl (C=O) groups is 2. The Balaban J connectivity index is 1.74. The summed E-state index contributed by atoms with van der Waals surface area (Å²) in [5.41, 5.74) is 6.44. The van der Waals surface area contributed by atoms with Gasteiger partial charge in [-0.1, -0.05) is 31.0 Å². The molecule has 0 aliphatic carbocycles. The SMILES string of the molecule is CCCC(C(=O)Nc1ccc(C(N)=O)cc1)n1cc2c(cc1=O)-c1cc(Cl)ccc1CC(C(F)(F)F)CO2. The second-order valence-corrected chi connectivity index (χ2v) is 9.52. The Bertz CT molecular complexity index is 1420. The van der Waals surface area contributed by atoms with Crippen molar-refractivity contribution in [2.45, 2.75) is 38.4 Å². The second-order valence-electron chi connectivity index (χ2n) is 9.09. The summed E-state index contributed by atoms with van der Waals surface area (Å²) in [6.07, 6.45) is -2.72. The first-order chi connectivity index (χ1) is 18.0. The van der Waals surface area contributed by atoms with Crippen LogP contribution in [0.2, 0.25) is 5.02 Å². The van der Waals surface area contributed by atoms with E-state index in [-0.39, 0.29) is 24.2 Å². The number of fused-ring (bicyclic) bond motifs is 3. The lowest BCUT2D eigenvalue weighted by Crippen LogP contribution is -2.34. The highest BCUT2D eigenvalue weighted by Crippen LogP contribution is 2.40. The predicted octanol–water partition coefficient (Wildman–Crippen LogP) is 5.36. The molecule has 4 rings (SSSR count). The monoisotopic (exact) mass is 547 g/mol. The zero-order chi connectivity index (χ0) is 27.6. The summed E-state index contributed by atoms with van der Waals surface area (Å²) in [7, 11) is 0. The number of amides is 2. The van der Waals surface area contributed by atoms with Crippen molar-refractivity contribution < 1.29 is 27.5 Å². The number of aromatic nitrogens is 1. The number of nitrogens with zero attached hydrogens (tertiary/aromatic N) is 1. The predicted molar refractivity (Wildman–Crippen MR) is 137 cm³/mol. The van der Waals surface area contributed by atoms with Crippen LogP contribution in [0.4, 0.5) is 18.9 Å². The summed E-state index contributed by atoms with van der Waals surface area (Å²) < 4.78 is 47.9. The van der Waals surface area contributed by atoms with Gasteiger partial charge in [-0.15, -0.1) is 0 Å². The second kappa shape index (κ2) is 10.9. The Morgan fingerprint density at radius 1 is 1.16 bits per heavy atom. The standard InChI is InChI=1S/C27H25ClF3N3O4/c1-2-3-22(26(37)33-19-8-5-15(6-9-19)25(32)36)34-13-23-21(12-24(34)35)20-11-18(28)7-4-16(20)10-17(14-38-23)27(29,30)31/h4-9,11-13,17,22H,2-3,10,14H2,1H3,(H2,32,36)(H,33,37). The number of anilines is 1. The van der Waals surface area contributed by atoms with E-state index in [0.29, 0.717) is 33.8 Å². The van der Waals surface area contributed by atoms with E-state index >= 15 is 0 Å². The van der Waals surface area contributed by atoms with Gasteiger partial charge >= 0.3 is 6.18 Å². The molecular formula is C27H25ClF3N3O4. The molecule has 0 spiro atoms. The molecule has 38 heavy (non-hydrogen) atoms. The molecule has 2 amide bonds. The fourth-order valence-corrected chi connectivity index (χ4v) is 4.59. The van der Waals surface area contributed by atoms with Crippen molar-refractivity contribution in [2.75, 3.05) is 11.9 Å². The Morgan fingerprint density at radius 2 is 1.87 bits per heavy atom. The Kier molecular flexibility index (Phi) is 7.82. The van der Waals surface area contributed by atoms with Gasteiger partial charge < -0.3 is 15.8 Å². The minimum absolute atomic E-state index is 0.0433. The van der Waals surface area contributed by atoms with E-state index in [9.17, 15) is 27.6 Å². The van der Waals surface area contributed by atoms with Crippen molar-refractivity contribution in [3.8, 4) is 16.9 Å². The number of halogens is 4. The zero-order valence-corrected chi connectivity index (χ0v) is 21.1. The van der Waals surface area contributed by atoms with Crippen LogP contribution < -0.4 is 21.3 Å². The number of nitrogens with one attached hydrogen (secondary N) is 1. The Morgan fingerprint density at radius 3 is 2.50 bits per heavy atom. The molecule has 1 aliphatic heterocycles. The lowest BCUT2D eigenvalue weighted by atomic mass is 9.91. The van der Waals surface area contributed by atoms with Crippen LogP contribution in [-0.4, -0.2) is 29.2 Å². The molecule has 0 bridgehead atoms. The van der Waals surface area contributed by atoms with Gasteiger partial charge in [0, 0.05) is 27.9 Å². The minimum atomic E-state index is -4.50. The van der Waals surface area contributed by atoms with Crippen LogP contribution >= 0.6 is 11.6 Å². The molecule has 2 unspecified atom stereocenters. The third kappa shape index (κ3) is 5.85. The molecule has 1 aliphatic rings. The average Bonchev–Trinajstić information content (AvgIpc) is 2.85. The van der Waals surface area contributed by atoms with Crippen LogP contribution in [0, 0.1) is 5.92 Å². The maximum absolute atomic E-state index is 13.7. The number of nitrogens with two attached hydrogens (primary N) is 1. The maximum Gasteiger partial charge on any atom is 0.395 e. The number of rotatable bonds is 6. The zero-order valence-electron chi connectivity index (χ0n) is 20.3. The van der Waals surface area contributed by atoms with E-state index in [1.54, 1.807) is 0 Å². The van der Waals surface area contributed by atoms with Gasteiger partial charge in [-0.2, -0.15) is 13.2 Å². The number of alkyl halides is 3. The molecule has 2 atom stereocenters. The molecule has 11 heteroatoms. The van der Waals surface area contributed by atoms with E-state index < -0.39 is 42.1 Å². The molecule has 3 N–H and O–H groups in total. The number of pyridine rings is 1. The lowest BCUT2D eigenvalue weighted by Gasteiger charge is -2.27. The van der Waals surface area contributed by atoms with Crippen LogP contribution in [0.1, 0.15) is 41.7 Å². The fourth-order valence-electron chi connectivity index (χ4n) is 4.41. The highest BCUT2D eigenvalue weighted by atomic mass is 35.5. The topological polar surface area (TPSA) is 103 Å². The van der Waals surface area contributed by atoms with Gasteiger partial charge in [0.25, 0.3) is 5.56 Å².